The van der Waals surface area contributed by atoms with E-state index in [1.54, 1.807) is 6.33 Å². The summed E-state index contributed by atoms with van der Waals surface area (Å²) in [6.07, 6.45) is 4.90. The monoisotopic (exact) mass is 340 g/mol. The molecule has 1 N–H and O–H groups in total. The summed E-state index contributed by atoms with van der Waals surface area (Å²) in [5.41, 5.74) is 2.17. The molecule has 3 heterocycles. The fraction of sp³-hybridized carbons (Fsp3) is 0.474. The van der Waals surface area contributed by atoms with Crippen LogP contribution in [-0.2, 0) is 6.42 Å². The van der Waals surface area contributed by atoms with Crippen molar-refractivity contribution in [2.75, 3.05) is 36.5 Å². The van der Waals surface area contributed by atoms with Crippen LogP contribution in [0.1, 0.15) is 25.5 Å². The molecule has 2 aromatic rings. The van der Waals surface area contributed by atoms with Gasteiger partial charge >= 0.3 is 0 Å². The highest BCUT2D eigenvalue weighted by atomic mass is 16.6. The second-order valence-electron chi connectivity index (χ2n) is 6.51. The van der Waals surface area contributed by atoms with E-state index in [9.17, 15) is 0 Å². The van der Waals surface area contributed by atoms with Crippen LogP contribution in [0.2, 0.25) is 0 Å². The Hall–Kier alpha value is -2.50. The molecule has 132 valence electrons. The van der Waals surface area contributed by atoms with E-state index in [4.69, 9.17) is 9.47 Å². The van der Waals surface area contributed by atoms with Gasteiger partial charge in [0.05, 0.1) is 0 Å². The van der Waals surface area contributed by atoms with Gasteiger partial charge in [0.1, 0.15) is 25.4 Å². The Balaban J connectivity index is 1.44. The van der Waals surface area contributed by atoms with E-state index in [1.807, 2.05) is 12.1 Å². The van der Waals surface area contributed by atoms with Crippen LogP contribution in [0.15, 0.2) is 30.6 Å². The summed E-state index contributed by atoms with van der Waals surface area (Å²) in [6, 6.07) is 8.57. The maximum atomic E-state index is 5.68. The number of benzene rings is 1. The van der Waals surface area contributed by atoms with Crippen molar-refractivity contribution in [2.24, 2.45) is 0 Å². The first-order valence-electron chi connectivity index (χ1n) is 9.04. The van der Waals surface area contributed by atoms with Crippen LogP contribution in [0.5, 0.6) is 11.5 Å². The Labute approximate surface area is 148 Å². The Morgan fingerprint density at radius 2 is 2.04 bits per heavy atom. The summed E-state index contributed by atoms with van der Waals surface area (Å²) in [4.78, 5) is 11.1. The van der Waals surface area contributed by atoms with Gasteiger partial charge in [0.25, 0.3) is 0 Å². The number of piperidine rings is 1. The molecule has 0 radical (unpaired) electrons. The van der Waals surface area contributed by atoms with Crippen molar-refractivity contribution in [2.45, 2.75) is 32.2 Å². The molecular formula is C19H24N4O2. The average Bonchev–Trinajstić information content (AvgIpc) is 2.68. The summed E-state index contributed by atoms with van der Waals surface area (Å²) < 4.78 is 11.3. The van der Waals surface area contributed by atoms with E-state index in [0.717, 1.165) is 61.1 Å². The molecule has 0 aliphatic carbocycles. The van der Waals surface area contributed by atoms with E-state index >= 15 is 0 Å². The molecule has 0 saturated carbocycles. The SMILES string of the molecule is CCc1cc(N2CCCC(Nc3ccc4c(c3)OCCO4)C2)ncn1. The smallest absolute Gasteiger partial charge is 0.163 e. The highest BCUT2D eigenvalue weighted by Crippen LogP contribution is 2.33. The van der Waals surface area contributed by atoms with Gasteiger partial charge in [-0.1, -0.05) is 6.92 Å². The van der Waals surface area contributed by atoms with E-state index in [1.165, 1.54) is 0 Å². The van der Waals surface area contributed by atoms with Gasteiger partial charge in [-0.05, 0) is 31.4 Å². The number of aromatic nitrogens is 2. The van der Waals surface area contributed by atoms with Crippen LogP contribution < -0.4 is 19.7 Å². The highest BCUT2D eigenvalue weighted by Gasteiger charge is 2.22. The molecular weight excluding hydrogens is 316 g/mol. The van der Waals surface area contributed by atoms with Crippen molar-refractivity contribution in [3.63, 3.8) is 0 Å². The van der Waals surface area contributed by atoms with Gasteiger partial charge in [-0.25, -0.2) is 9.97 Å². The highest BCUT2D eigenvalue weighted by molar-refractivity contribution is 5.56. The van der Waals surface area contributed by atoms with E-state index in [-0.39, 0.29) is 0 Å². The predicted octanol–water partition coefficient (Wildman–Crippen LogP) is 2.89. The Bertz CT molecular complexity index is 737. The molecule has 1 atom stereocenters. The molecule has 25 heavy (non-hydrogen) atoms. The van der Waals surface area contributed by atoms with E-state index in [0.29, 0.717) is 19.3 Å². The number of fused-ring (bicyclic) bond motifs is 1. The number of hydrogen-bond donors (Lipinski definition) is 1. The van der Waals surface area contributed by atoms with Crippen molar-refractivity contribution >= 4 is 11.5 Å². The first kappa shape index (κ1) is 16.0. The maximum Gasteiger partial charge on any atom is 0.163 e. The number of nitrogens with one attached hydrogen (secondary N) is 1. The van der Waals surface area contributed by atoms with Gasteiger partial charge in [0.15, 0.2) is 11.5 Å². The molecule has 2 aliphatic heterocycles. The zero-order valence-electron chi connectivity index (χ0n) is 14.6. The van der Waals surface area contributed by atoms with Crippen LogP contribution in [-0.4, -0.2) is 42.3 Å². The van der Waals surface area contributed by atoms with Crippen molar-refractivity contribution in [3.05, 3.63) is 36.3 Å². The lowest BCUT2D eigenvalue weighted by molar-refractivity contribution is 0.171. The van der Waals surface area contributed by atoms with Crippen LogP contribution in [0, 0.1) is 0 Å². The van der Waals surface area contributed by atoms with Gasteiger partial charge in [-0.15, -0.1) is 0 Å². The van der Waals surface area contributed by atoms with Crippen molar-refractivity contribution in [3.8, 4) is 11.5 Å². The molecule has 6 nitrogen and oxygen atoms in total. The van der Waals surface area contributed by atoms with E-state index in [2.05, 4.69) is 39.2 Å². The largest absolute Gasteiger partial charge is 0.486 e. The summed E-state index contributed by atoms with van der Waals surface area (Å²) in [6.45, 7) is 5.33. The number of hydrogen-bond acceptors (Lipinski definition) is 6. The minimum absolute atomic E-state index is 0.386. The molecule has 4 rings (SSSR count). The number of ether oxygens (including phenoxy) is 2. The van der Waals surface area contributed by atoms with Crippen molar-refractivity contribution < 1.29 is 9.47 Å². The normalized spacial score (nSPS) is 19.6. The molecule has 0 amide bonds. The maximum absolute atomic E-state index is 5.68. The quantitative estimate of drug-likeness (QED) is 0.923. The summed E-state index contributed by atoms with van der Waals surface area (Å²) in [5, 5.41) is 3.64. The summed E-state index contributed by atoms with van der Waals surface area (Å²) in [7, 11) is 0. The molecule has 0 bridgehead atoms. The standard InChI is InChI=1S/C19H24N4O2/c1-2-14-11-19(21-13-20-14)23-7-3-4-16(12-23)22-15-5-6-17-18(10-15)25-9-8-24-17/h5-6,10-11,13,16,22H,2-4,7-9,12H2,1H3. The van der Waals surface area contributed by atoms with E-state index < -0.39 is 0 Å². The van der Waals surface area contributed by atoms with Crippen molar-refractivity contribution in [1.82, 2.24) is 9.97 Å². The Morgan fingerprint density at radius 1 is 1.16 bits per heavy atom. The molecule has 1 saturated heterocycles. The molecule has 0 spiro atoms. The zero-order chi connectivity index (χ0) is 17.1. The topological polar surface area (TPSA) is 59.5 Å². The second kappa shape index (κ2) is 7.17. The molecule has 6 heteroatoms. The van der Waals surface area contributed by atoms with Gasteiger partial charge in [0.2, 0.25) is 0 Å². The molecule has 2 aliphatic rings. The first-order chi connectivity index (χ1) is 12.3. The minimum Gasteiger partial charge on any atom is -0.486 e. The predicted molar refractivity (Wildman–Crippen MR) is 97.7 cm³/mol. The Morgan fingerprint density at radius 3 is 2.92 bits per heavy atom. The second-order valence-corrected chi connectivity index (χ2v) is 6.51. The van der Waals surface area contributed by atoms with Gasteiger partial charge in [0, 0.05) is 42.6 Å². The number of nitrogens with zero attached hydrogens (tertiary/aromatic N) is 3. The van der Waals surface area contributed by atoms with Gasteiger partial charge in [-0.2, -0.15) is 0 Å². The Kier molecular flexibility index (Phi) is 4.59. The lowest BCUT2D eigenvalue weighted by Gasteiger charge is -2.34. The van der Waals surface area contributed by atoms with Gasteiger partial charge in [-0.3, -0.25) is 0 Å². The van der Waals surface area contributed by atoms with Crippen LogP contribution in [0.25, 0.3) is 0 Å². The third-order valence-electron chi connectivity index (χ3n) is 4.73. The lowest BCUT2D eigenvalue weighted by Crippen LogP contribution is -2.42. The van der Waals surface area contributed by atoms with Crippen molar-refractivity contribution in [1.29, 1.82) is 0 Å². The summed E-state index contributed by atoms with van der Waals surface area (Å²) in [5.74, 6) is 2.68. The molecule has 1 aromatic heterocycles. The van der Waals surface area contributed by atoms with Gasteiger partial charge < -0.3 is 19.7 Å². The van der Waals surface area contributed by atoms with Crippen LogP contribution >= 0.6 is 0 Å². The molecule has 1 aromatic carbocycles. The number of anilines is 2. The molecule has 1 unspecified atom stereocenters. The fourth-order valence-electron chi connectivity index (χ4n) is 3.42. The third-order valence-corrected chi connectivity index (χ3v) is 4.73. The van der Waals surface area contributed by atoms with Crippen LogP contribution in [0.3, 0.4) is 0 Å². The lowest BCUT2D eigenvalue weighted by atomic mass is 10.0. The third kappa shape index (κ3) is 3.62. The summed E-state index contributed by atoms with van der Waals surface area (Å²) >= 11 is 0. The number of rotatable bonds is 4. The minimum atomic E-state index is 0.386. The average molecular weight is 340 g/mol. The number of aryl methyl sites for hydroxylation is 1. The zero-order valence-corrected chi connectivity index (χ0v) is 14.6. The molecule has 1 fully saturated rings. The first-order valence-corrected chi connectivity index (χ1v) is 9.04. The van der Waals surface area contributed by atoms with Crippen LogP contribution in [0.4, 0.5) is 11.5 Å². The fourth-order valence-corrected chi connectivity index (χ4v) is 3.42.